The van der Waals surface area contributed by atoms with Crippen molar-refractivity contribution in [1.29, 1.82) is 0 Å². The van der Waals surface area contributed by atoms with E-state index >= 15 is 0 Å². The number of rotatable bonds is 4. The molecule has 0 aliphatic carbocycles. The molecule has 1 aliphatic heterocycles. The molecule has 136 valence electrons. The first-order chi connectivity index (χ1) is 10.9. The molecule has 0 radical (unpaired) electrons. The van der Waals surface area contributed by atoms with E-state index in [2.05, 4.69) is 0 Å². The van der Waals surface area contributed by atoms with E-state index in [0.29, 0.717) is 6.07 Å². The number of sulfonamides is 1. The molecule has 0 amide bonds. The molecule has 1 atom stereocenters. The lowest BCUT2D eigenvalue weighted by molar-refractivity contribution is -0.138. The normalized spacial score (nSPS) is 21.3. The zero-order valence-electron chi connectivity index (χ0n) is 13.2. The monoisotopic (exact) mass is 385 g/mol. The van der Waals surface area contributed by atoms with Crippen molar-refractivity contribution in [1.82, 2.24) is 4.31 Å². The maximum atomic E-state index is 13.0. The van der Waals surface area contributed by atoms with Crippen molar-refractivity contribution in [3.63, 3.8) is 0 Å². The Kier molecular flexibility index (Phi) is 5.04. The summed E-state index contributed by atoms with van der Waals surface area (Å²) >= 11 is 0. The lowest BCUT2D eigenvalue weighted by atomic mass is 10.1. The van der Waals surface area contributed by atoms with Gasteiger partial charge in [-0.25, -0.2) is 16.8 Å². The largest absolute Gasteiger partial charge is 0.416 e. The van der Waals surface area contributed by atoms with Crippen LogP contribution in [0.5, 0.6) is 0 Å². The van der Waals surface area contributed by atoms with Crippen LogP contribution in [-0.4, -0.2) is 45.2 Å². The molecule has 1 aromatic carbocycles. The minimum absolute atomic E-state index is 0.0161. The van der Waals surface area contributed by atoms with Gasteiger partial charge in [0.05, 0.1) is 22.0 Å². The molecule has 1 aromatic rings. The molecule has 1 saturated heterocycles. The van der Waals surface area contributed by atoms with E-state index < -0.39 is 42.5 Å². The van der Waals surface area contributed by atoms with Gasteiger partial charge in [-0.05, 0) is 31.0 Å². The van der Waals surface area contributed by atoms with E-state index in [0.717, 1.165) is 16.4 Å². The zero-order valence-corrected chi connectivity index (χ0v) is 14.8. The fourth-order valence-electron chi connectivity index (χ4n) is 2.83. The van der Waals surface area contributed by atoms with Crippen LogP contribution in [0.1, 0.15) is 24.5 Å². The number of hydrogen-bond donors (Lipinski definition) is 0. The van der Waals surface area contributed by atoms with Crippen LogP contribution in [-0.2, 0) is 26.0 Å². The molecule has 1 fully saturated rings. The first-order valence-electron chi connectivity index (χ1n) is 7.28. The van der Waals surface area contributed by atoms with Crippen LogP contribution in [0.4, 0.5) is 13.2 Å². The number of benzene rings is 1. The van der Waals surface area contributed by atoms with Crippen molar-refractivity contribution in [2.75, 3.05) is 18.1 Å². The molecule has 0 aromatic heterocycles. The summed E-state index contributed by atoms with van der Waals surface area (Å²) in [5.41, 5.74) is -1.09. The lowest BCUT2D eigenvalue weighted by Gasteiger charge is -2.26. The van der Waals surface area contributed by atoms with Gasteiger partial charge in [0.1, 0.15) is 0 Å². The van der Waals surface area contributed by atoms with E-state index in [1.807, 2.05) is 0 Å². The predicted octanol–water partition coefficient (Wildman–Crippen LogP) is 2.21. The predicted molar refractivity (Wildman–Crippen MR) is 82.8 cm³/mol. The second-order valence-electron chi connectivity index (χ2n) is 5.74. The van der Waals surface area contributed by atoms with Crippen molar-refractivity contribution in [2.24, 2.45) is 0 Å². The quantitative estimate of drug-likeness (QED) is 0.797. The maximum absolute atomic E-state index is 13.0. The zero-order chi connectivity index (χ0) is 18.3. The van der Waals surface area contributed by atoms with Crippen LogP contribution >= 0.6 is 0 Å². The van der Waals surface area contributed by atoms with E-state index in [9.17, 15) is 30.0 Å². The van der Waals surface area contributed by atoms with Gasteiger partial charge in [0.25, 0.3) is 0 Å². The van der Waals surface area contributed by atoms with Crippen LogP contribution in [0, 0.1) is 6.92 Å². The molecule has 0 saturated carbocycles. The highest BCUT2D eigenvalue weighted by Gasteiger charge is 2.39. The molecule has 10 heteroatoms. The molecular weight excluding hydrogens is 367 g/mol. The number of sulfone groups is 1. The minimum Gasteiger partial charge on any atom is -0.229 e. The molecule has 0 N–H and O–H groups in total. The summed E-state index contributed by atoms with van der Waals surface area (Å²) in [6, 6.07) is 2.08. The van der Waals surface area contributed by atoms with Gasteiger partial charge in [0.2, 0.25) is 10.0 Å². The number of alkyl halides is 3. The maximum Gasteiger partial charge on any atom is 0.416 e. The molecule has 2 rings (SSSR count). The summed E-state index contributed by atoms with van der Waals surface area (Å²) in [7, 11) is -7.53. The number of hydrogen-bond acceptors (Lipinski definition) is 4. The van der Waals surface area contributed by atoms with Gasteiger partial charge in [-0.3, -0.25) is 0 Å². The molecule has 5 nitrogen and oxygen atoms in total. The molecule has 0 bridgehead atoms. The van der Waals surface area contributed by atoms with Gasteiger partial charge in [-0.1, -0.05) is 13.0 Å². The van der Waals surface area contributed by atoms with E-state index in [4.69, 9.17) is 0 Å². The summed E-state index contributed by atoms with van der Waals surface area (Å²) in [5.74, 6) is -0.427. The second kappa shape index (κ2) is 6.30. The third kappa shape index (κ3) is 3.75. The Morgan fingerprint density at radius 2 is 1.92 bits per heavy atom. The van der Waals surface area contributed by atoms with Crippen molar-refractivity contribution in [3.8, 4) is 0 Å². The molecule has 24 heavy (non-hydrogen) atoms. The van der Waals surface area contributed by atoms with Gasteiger partial charge < -0.3 is 0 Å². The summed E-state index contributed by atoms with van der Waals surface area (Å²) in [6.45, 7) is 2.76. The fourth-order valence-corrected chi connectivity index (χ4v) is 6.34. The second-order valence-corrected chi connectivity index (χ2v) is 9.86. The molecule has 1 heterocycles. The summed E-state index contributed by atoms with van der Waals surface area (Å²) < 4.78 is 88.6. The molecule has 1 aliphatic rings. The van der Waals surface area contributed by atoms with E-state index in [1.165, 1.54) is 13.8 Å². The average Bonchev–Trinajstić information content (AvgIpc) is 2.78. The van der Waals surface area contributed by atoms with Crippen LogP contribution in [0.15, 0.2) is 23.1 Å². The molecule has 1 unspecified atom stereocenters. The lowest BCUT2D eigenvalue weighted by Crippen LogP contribution is -2.41. The number of halogens is 3. The minimum atomic E-state index is -4.66. The van der Waals surface area contributed by atoms with Crippen molar-refractivity contribution >= 4 is 19.9 Å². The van der Waals surface area contributed by atoms with Gasteiger partial charge in [-0.15, -0.1) is 0 Å². The first kappa shape index (κ1) is 19.2. The Bertz CT molecular complexity index is 832. The first-order valence-corrected chi connectivity index (χ1v) is 10.5. The Balaban J connectivity index is 2.46. The van der Waals surface area contributed by atoms with Gasteiger partial charge in [0.15, 0.2) is 9.84 Å². The molecule has 0 spiro atoms. The van der Waals surface area contributed by atoms with Crippen LogP contribution in [0.25, 0.3) is 0 Å². The standard InChI is InChI=1S/C14H18F3NO4S2/c1-3-18(11-6-7-23(19,20)9-11)24(21,22)12-5-4-10(2)13(8-12)14(15,16)17/h4-5,8,11H,3,6-7,9H2,1-2H3. The Morgan fingerprint density at radius 3 is 2.38 bits per heavy atom. The summed E-state index contributed by atoms with van der Waals surface area (Å²) in [4.78, 5) is -0.480. The van der Waals surface area contributed by atoms with E-state index in [1.54, 1.807) is 0 Å². The van der Waals surface area contributed by atoms with Crippen LogP contribution in [0.3, 0.4) is 0 Å². The average molecular weight is 385 g/mol. The van der Waals surface area contributed by atoms with Crippen LogP contribution < -0.4 is 0 Å². The highest BCUT2D eigenvalue weighted by atomic mass is 32.2. The van der Waals surface area contributed by atoms with Gasteiger partial charge in [0, 0.05) is 12.6 Å². The van der Waals surface area contributed by atoms with Crippen LogP contribution in [0.2, 0.25) is 0 Å². The fraction of sp³-hybridized carbons (Fsp3) is 0.571. The van der Waals surface area contributed by atoms with Crippen molar-refractivity contribution in [2.45, 2.75) is 37.4 Å². The third-order valence-electron chi connectivity index (χ3n) is 4.05. The highest BCUT2D eigenvalue weighted by molar-refractivity contribution is 7.92. The molecular formula is C14H18F3NO4S2. The van der Waals surface area contributed by atoms with Crippen molar-refractivity contribution < 1.29 is 30.0 Å². The van der Waals surface area contributed by atoms with E-state index in [-0.39, 0.29) is 30.0 Å². The highest BCUT2D eigenvalue weighted by Crippen LogP contribution is 2.34. The van der Waals surface area contributed by atoms with Gasteiger partial charge in [-0.2, -0.15) is 17.5 Å². The third-order valence-corrected chi connectivity index (χ3v) is 7.82. The Hall–Kier alpha value is -1.13. The SMILES string of the molecule is CCN(C1CCS(=O)(=O)C1)S(=O)(=O)c1ccc(C)c(C(F)(F)F)c1. The Morgan fingerprint density at radius 1 is 1.29 bits per heavy atom. The van der Waals surface area contributed by atoms with Gasteiger partial charge >= 0.3 is 6.18 Å². The topological polar surface area (TPSA) is 71.5 Å². The van der Waals surface area contributed by atoms with Crippen molar-refractivity contribution in [3.05, 3.63) is 29.3 Å². The summed E-state index contributed by atoms with van der Waals surface area (Å²) in [5, 5.41) is 0. The summed E-state index contributed by atoms with van der Waals surface area (Å²) in [6.07, 6.45) is -4.52. The number of aryl methyl sites for hydroxylation is 1. The Labute approximate surface area is 139 Å². The smallest absolute Gasteiger partial charge is 0.229 e. The number of nitrogens with zero attached hydrogens (tertiary/aromatic N) is 1.